The average molecular weight is 316 g/mol. The molecule has 1 heterocycles. The summed E-state index contributed by atoms with van der Waals surface area (Å²) < 4.78 is 26.5. The Morgan fingerprint density at radius 1 is 1.48 bits per heavy atom. The lowest BCUT2D eigenvalue weighted by molar-refractivity contribution is -0.117. The number of halogens is 3. The molecule has 0 atom stereocenters. The van der Waals surface area contributed by atoms with Gasteiger partial charge in [-0.2, -0.15) is 5.10 Å². The Kier molecular flexibility index (Phi) is 4.42. The molecule has 1 aromatic heterocycles. The SMILES string of the molecule is Cc1cc(C(F)F)n(CC(=O)Nc2cc(Cl)ccc2O)n1. The van der Waals surface area contributed by atoms with E-state index in [2.05, 4.69) is 10.4 Å². The minimum atomic E-state index is -2.72. The zero-order valence-corrected chi connectivity index (χ0v) is 11.7. The van der Waals surface area contributed by atoms with Crippen molar-refractivity contribution in [2.24, 2.45) is 0 Å². The number of nitrogens with zero attached hydrogens (tertiary/aromatic N) is 2. The zero-order valence-electron chi connectivity index (χ0n) is 11.0. The molecular formula is C13H12ClF2N3O2. The first-order chi connectivity index (χ1) is 9.86. The van der Waals surface area contributed by atoms with Gasteiger partial charge in [0, 0.05) is 5.02 Å². The summed E-state index contributed by atoms with van der Waals surface area (Å²) >= 11 is 5.75. The number of anilines is 1. The van der Waals surface area contributed by atoms with Crippen LogP contribution in [0.25, 0.3) is 0 Å². The van der Waals surface area contributed by atoms with Crippen LogP contribution in [0.15, 0.2) is 24.3 Å². The van der Waals surface area contributed by atoms with Gasteiger partial charge in [-0.25, -0.2) is 8.78 Å². The molecule has 0 bridgehead atoms. The number of hydrogen-bond acceptors (Lipinski definition) is 3. The maximum absolute atomic E-state index is 12.8. The number of benzene rings is 1. The number of aromatic nitrogens is 2. The van der Waals surface area contributed by atoms with Gasteiger partial charge in [0.15, 0.2) is 0 Å². The van der Waals surface area contributed by atoms with E-state index < -0.39 is 12.3 Å². The summed E-state index contributed by atoms with van der Waals surface area (Å²) in [5.74, 6) is -0.768. The van der Waals surface area contributed by atoms with Crippen LogP contribution in [-0.4, -0.2) is 20.8 Å². The highest BCUT2D eigenvalue weighted by atomic mass is 35.5. The van der Waals surface area contributed by atoms with E-state index in [0.29, 0.717) is 10.7 Å². The number of aromatic hydroxyl groups is 1. The Hall–Kier alpha value is -2.15. The minimum Gasteiger partial charge on any atom is -0.506 e. The molecule has 0 unspecified atom stereocenters. The lowest BCUT2D eigenvalue weighted by Gasteiger charge is -2.09. The molecule has 0 aliphatic carbocycles. The van der Waals surface area contributed by atoms with Gasteiger partial charge in [0.05, 0.1) is 11.4 Å². The van der Waals surface area contributed by atoms with Crippen LogP contribution in [0.1, 0.15) is 17.8 Å². The molecule has 2 rings (SSSR count). The number of carbonyl (C=O) groups excluding carboxylic acids is 1. The van der Waals surface area contributed by atoms with E-state index in [9.17, 15) is 18.7 Å². The Balaban J connectivity index is 2.13. The van der Waals surface area contributed by atoms with Gasteiger partial charge in [0.25, 0.3) is 6.43 Å². The van der Waals surface area contributed by atoms with Crippen LogP contribution in [0.5, 0.6) is 5.75 Å². The average Bonchev–Trinajstić information content (AvgIpc) is 2.75. The third-order valence-corrected chi connectivity index (χ3v) is 2.92. The quantitative estimate of drug-likeness (QED) is 0.852. The van der Waals surface area contributed by atoms with Gasteiger partial charge in [0.1, 0.15) is 18.0 Å². The van der Waals surface area contributed by atoms with Crippen molar-refractivity contribution >= 4 is 23.2 Å². The smallest absolute Gasteiger partial charge is 0.280 e. The van der Waals surface area contributed by atoms with Crippen LogP contribution in [0, 0.1) is 6.92 Å². The van der Waals surface area contributed by atoms with Crippen molar-refractivity contribution in [1.82, 2.24) is 9.78 Å². The summed E-state index contributed by atoms with van der Waals surface area (Å²) in [7, 11) is 0. The fourth-order valence-electron chi connectivity index (χ4n) is 1.80. The fourth-order valence-corrected chi connectivity index (χ4v) is 1.97. The molecule has 0 aliphatic heterocycles. The van der Waals surface area contributed by atoms with Gasteiger partial charge in [0.2, 0.25) is 5.91 Å². The van der Waals surface area contributed by atoms with Crippen molar-refractivity contribution in [1.29, 1.82) is 0 Å². The number of alkyl halides is 2. The maximum atomic E-state index is 12.8. The highest BCUT2D eigenvalue weighted by molar-refractivity contribution is 6.31. The molecule has 8 heteroatoms. The van der Waals surface area contributed by atoms with Gasteiger partial charge >= 0.3 is 0 Å². The summed E-state index contributed by atoms with van der Waals surface area (Å²) in [5.41, 5.74) is 0.164. The minimum absolute atomic E-state index is 0.106. The first kappa shape index (κ1) is 15.2. The summed E-state index contributed by atoms with van der Waals surface area (Å²) in [6.45, 7) is 1.17. The van der Waals surface area contributed by atoms with E-state index in [1.165, 1.54) is 24.3 Å². The molecule has 2 N–H and O–H groups in total. The van der Waals surface area contributed by atoms with Gasteiger partial charge < -0.3 is 10.4 Å². The van der Waals surface area contributed by atoms with Gasteiger partial charge in [-0.05, 0) is 31.2 Å². The Labute approximate surface area is 124 Å². The lowest BCUT2D eigenvalue weighted by atomic mass is 10.3. The standard InChI is InChI=1S/C13H12ClF2N3O2/c1-7-4-10(13(15)16)19(18-7)6-12(21)17-9-5-8(14)2-3-11(9)20/h2-5,13,20H,6H2,1H3,(H,17,21). The molecule has 5 nitrogen and oxygen atoms in total. The van der Waals surface area contributed by atoms with Crippen molar-refractivity contribution < 1.29 is 18.7 Å². The highest BCUT2D eigenvalue weighted by Crippen LogP contribution is 2.26. The van der Waals surface area contributed by atoms with E-state index in [1.807, 2.05) is 0 Å². The van der Waals surface area contributed by atoms with Crippen molar-refractivity contribution in [3.05, 3.63) is 40.7 Å². The molecule has 0 fully saturated rings. The highest BCUT2D eigenvalue weighted by Gasteiger charge is 2.17. The fraction of sp³-hybridized carbons (Fsp3) is 0.231. The molecule has 0 radical (unpaired) electrons. The van der Waals surface area contributed by atoms with Crippen LogP contribution in [0.3, 0.4) is 0 Å². The van der Waals surface area contributed by atoms with E-state index >= 15 is 0 Å². The Morgan fingerprint density at radius 2 is 2.19 bits per heavy atom. The predicted molar refractivity (Wildman–Crippen MR) is 73.7 cm³/mol. The van der Waals surface area contributed by atoms with Gasteiger partial charge in [-0.3, -0.25) is 9.48 Å². The Bertz CT molecular complexity index is 673. The number of nitrogens with one attached hydrogen (secondary N) is 1. The lowest BCUT2D eigenvalue weighted by Crippen LogP contribution is -2.21. The van der Waals surface area contributed by atoms with Crippen LogP contribution < -0.4 is 5.32 Å². The maximum Gasteiger partial charge on any atom is 0.280 e. The molecule has 2 aromatic rings. The number of phenolic OH excluding ortho intramolecular Hbond substituents is 1. The third-order valence-electron chi connectivity index (χ3n) is 2.68. The monoisotopic (exact) mass is 315 g/mol. The molecular weight excluding hydrogens is 304 g/mol. The number of amides is 1. The van der Waals surface area contributed by atoms with Crippen LogP contribution in [0.4, 0.5) is 14.5 Å². The molecule has 0 spiro atoms. The van der Waals surface area contributed by atoms with Gasteiger partial charge in [-0.1, -0.05) is 11.6 Å². The summed E-state index contributed by atoms with van der Waals surface area (Å²) in [6, 6.07) is 5.35. The van der Waals surface area contributed by atoms with Crippen molar-refractivity contribution in [3.63, 3.8) is 0 Å². The second-order valence-electron chi connectivity index (χ2n) is 4.38. The third kappa shape index (κ3) is 3.69. The second-order valence-corrected chi connectivity index (χ2v) is 4.82. The summed E-state index contributed by atoms with van der Waals surface area (Å²) in [6.07, 6.45) is -2.72. The molecule has 0 aliphatic rings. The molecule has 0 saturated carbocycles. The molecule has 1 aromatic carbocycles. The van der Waals surface area contributed by atoms with E-state index in [-0.39, 0.29) is 23.7 Å². The molecule has 112 valence electrons. The normalized spacial score (nSPS) is 10.9. The van der Waals surface area contributed by atoms with Crippen LogP contribution in [-0.2, 0) is 11.3 Å². The van der Waals surface area contributed by atoms with E-state index in [1.54, 1.807) is 6.92 Å². The summed E-state index contributed by atoms with van der Waals surface area (Å²) in [4.78, 5) is 11.9. The molecule has 21 heavy (non-hydrogen) atoms. The predicted octanol–water partition coefficient (Wildman–Crippen LogP) is 3.13. The number of rotatable bonds is 4. The second kappa shape index (κ2) is 6.09. The van der Waals surface area contributed by atoms with Crippen LogP contribution in [0.2, 0.25) is 5.02 Å². The Morgan fingerprint density at radius 3 is 2.86 bits per heavy atom. The molecule has 0 saturated heterocycles. The van der Waals surface area contributed by atoms with Gasteiger partial charge in [-0.15, -0.1) is 0 Å². The first-order valence-electron chi connectivity index (χ1n) is 5.97. The zero-order chi connectivity index (χ0) is 15.6. The van der Waals surface area contributed by atoms with E-state index in [0.717, 1.165) is 4.68 Å². The van der Waals surface area contributed by atoms with E-state index in [4.69, 9.17) is 11.6 Å². The topological polar surface area (TPSA) is 67.2 Å². The first-order valence-corrected chi connectivity index (χ1v) is 6.35. The number of aryl methyl sites for hydroxylation is 1. The van der Waals surface area contributed by atoms with Crippen LogP contribution >= 0.6 is 11.6 Å². The van der Waals surface area contributed by atoms with Crippen molar-refractivity contribution in [3.8, 4) is 5.75 Å². The van der Waals surface area contributed by atoms with Crippen molar-refractivity contribution in [2.45, 2.75) is 19.9 Å². The molecule has 1 amide bonds. The number of hydrogen-bond donors (Lipinski definition) is 2. The number of phenols is 1. The number of carbonyl (C=O) groups is 1. The largest absolute Gasteiger partial charge is 0.506 e. The summed E-state index contributed by atoms with van der Waals surface area (Å²) in [5, 5.41) is 16.1. The van der Waals surface area contributed by atoms with Crippen molar-refractivity contribution in [2.75, 3.05) is 5.32 Å².